The van der Waals surface area contributed by atoms with Crippen LogP contribution in [0.25, 0.3) is 0 Å². The van der Waals surface area contributed by atoms with Gasteiger partial charge >= 0.3 is 0 Å². The highest BCUT2D eigenvalue weighted by atomic mass is 32.1. The van der Waals surface area contributed by atoms with E-state index in [0.717, 1.165) is 12.8 Å². The van der Waals surface area contributed by atoms with E-state index in [4.69, 9.17) is 0 Å². The minimum atomic E-state index is -0.0404. The molecule has 1 N–H and O–H groups in total. The van der Waals surface area contributed by atoms with Crippen molar-refractivity contribution in [1.82, 2.24) is 10.2 Å². The lowest BCUT2D eigenvalue weighted by Crippen LogP contribution is -2.39. The third-order valence-electron chi connectivity index (χ3n) is 4.45. The van der Waals surface area contributed by atoms with Crippen LogP contribution in [0.15, 0.2) is 12.1 Å². The molecular weight excluding hydrogens is 268 g/mol. The number of rotatable bonds is 5. The SMILES string of the molecule is CCC(C)C1NC(c2ccc(C)s2)N(C(C)CC)C1=O. The molecule has 1 aromatic rings. The summed E-state index contributed by atoms with van der Waals surface area (Å²) in [6.07, 6.45) is 2.06. The molecule has 20 heavy (non-hydrogen) atoms. The second kappa shape index (κ2) is 6.27. The Kier molecular flexibility index (Phi) is 4.86. The van der Waals surface area contributed by atoms with Crippen LogP contribution in [0.2, 0.25) is 0 Å². The number of aryl methyl sites for hydroxylation is 1. The lowest BCUT2D eigenvalue weighted by atomic mass is 9.99. The van der Waals surface area contributed by atoms with E-state index in [1.54, 1.807) is 11.3 Å². The van der Waals surface area contributed by atoms with Crippen LogP contribution >= 0.6 is 11.3 Å². The summed E-state index contributed by atoms with van der Waals surface area (Å²) >= 11 is 1.78. The second-order valence-electron chi connectivity index (χ2n) is 5.88. The van der Waals surface area contributed by atoms with Gasteiger partial charge in [-0.15, -0.1) is 11.3 Å². The van der Waals surface area contributed by atoms with Gasteiger partial charge in [0.1, 0.15) is 6.17 Å². The van der Waals surface area contributed by atoms with Gasteiger partial charge in [-0.2, -0.15) is 0 Å². The van der Waals surface area contributed by atoms with Crippen molar-refractivity contribution in [3.05, 3.63) is 21.9 Å². The molecule has 4 heteroatoms. The van der Waals surface area contributed by atoms with E-state index >= 15 is 0 Å². The van der Waals surface area contributed by atoms with E-state index in [1.807, 2.05) is 0 Å². The summed E-state index contributed by atoms with van der Waals surface area (Å²) in [5.41, 5.74) is 0. The van der Waals surface area contributed by atoms with Crippen molar-refractivity contribution in [2.45, 2.75) is 65.7 Å². The zero-order chi connectivity index (χ0) is 14.9. The highest BCUT2D eigenvalue weighted by molar-refractivity contribution is 7.12. The molecule has 1 aliphatic heterocycles. The summed E-state index contributed by atoms with van der Waals surface area (Å²) in [6.45, 7) is 10.7. The van der Waals surface area contributed by atoms with Gasteiger partial charge in [0.15, 0.2) is 0 Å². The van der Waals surface area contributed by atoms with Crippen LogP contribution in [-0.4, -0.2) is 22.9 Å². The Morgan fingerprint density at radius 3 is 2.50 bits per heavy atom. The van der Waals surface area contributed by atoms with Gasteiger partial charge in [-0.05, 0) is 38.3 Å². The van der Waals surface area contributed by atoms with E-state index < -0.39 is 0 Å². The first-order valence-electron chi connectivity index (χ1n) is 7.64. The number of nitrogens with one attached hydrogen (secondary N) is 1. The number of amides is 1. The van der Waals surface area contributed by atoms with Crippen molar-refractivity contribution in [2.75, 3.05) is 0 Å². The van der Waals surface area contributed by atoms with Crippen LogP contribution in [0.1, 0.15) is 56.5 Å². The maximum atomic E-state index is 12.8. The molecule has 4 unspecified atom stereocenters. The molecule has 112 valence electrons. The fourth-order valence-electron chi connectivity index (χ4n) is 2.74. The Balaban J connectivity index is 2.30. The minimum Gasteiger partial charge on any atom is -0.318 e. The fourth-order valence-corrected chi connectivity index (χ4v) is 3.68. The maximum Gasteiger partial charge on any atom is 0.241 e. The smallest absolute Gasteiger partial charge is 0.241 e. The van der Waals surface area contributed by atoms with Gasteiger partial charge in [-0.3, -0.25) is 10.1 Å². The van der Waals surface area contributed by atoms with Gasteiger partial charge in [0, 0.05) is 15.8 Å². The molecule has 0 saturated carbocycles. The summed E-state index contributed by atoms with van der Waals surface area (Å²) in [4.78, 5) is 17.4. The Morgan fingerprint density at radius 2 is 2.00 bits per heavy atom. The van der Waals surface area contributed by atoms with Crippen LogP contribution in [0.3, 0.4) is 0 Å². The first-order chi connectivity index (χ1) is 9.49. The van der Waals surface area contributed by atoms with Crippen LogP contribution in [0, 0.1) is 12.8 Å². The van der Waals surface area contributed by atoms with Gasteiger partial charge in [-0.1, -0.05) is 27.2 Å². The number of hydrogen-bond donors (Lipinski definition) is 1. The molecule has 1 fully saturated rings. The number of hydrogen-bond acceptors (Lipinski definition) is 3. The molecule has 1 saturated heterocycles. The van der Waals surface area contributed by atoms with Crippen molar-refractivity contribution in [1.29, 1.82) is 0 Å². The lowest BCUT2D eigenvalue weighted by Gasteiger charge is -2.29. The van der Waals surface area contributed by atoms with Crippen molar-refractivity contribution in [3.8, 4) is 0 Å². The average Bonchev–Trinajstić information content (AvgIpc) is 3.01. The quantitative estimate of drug-likeness (QED) is 0.898. The van der Waals surface area contributed by atoms with Gasteiger partial charge in [0.05, 0.1) is 6.04 Å². The molecule has 0 aliphatic carbocycles. The number of carbonyl (C=O) groups excluding carboxylic acids is 1. The monoisotopic (exact) mass is 294 g/mol. The highest BCUT2D eigenvalue weighted by Crippen LogP contribution is 2.34. The van der Waals surface area contributed by atoms with Crippen LogP contribution in [0.4, 0.5) is 0 Å². The molecule has 1 amide bonds. The van der Waals surface area contributed by atoms with E-state index in [0.29, 0.717) is 5.92 Å². The summed E-state index contributed by atoms with van der Waals surface area (Å²) in [5.74, 6) is 0.643. The van der Waals surface area contributed by atoms with E-state index in [2.05, 4.69) is 57.0 Å². The summed E-state index contributed by atoms with van der Waals surface area (Å²) in [6, 6.07) is 4.52. The molecule has 1 aromatic heterocycles. The minimum absolute atomic E-state index is 0.0404. The van der Waals surface area contributed by atoms with Crippen molar-refractivity contribution in [3.63, 3.8) is 0 Å². The van der Waals surface area contributed by atoms with Gasteiger partial charge in [0.2, 0.25) is 5.91 Å². The van der Waals surface area contributed by atoms with E-state index in [1.165, 1.54) is 9.75 Å². The molecule has 0 radical (unpaired) electrons. The van der Waals surface area contributed by atoms with Gasteiger partial charge in [-0.25, -0.2) is 0 Å². The molecular formula is C16H26N2OS. The van der Waals surface area contributed by atoms with E-state index in [9.17, 15) is 4.79 Å². The molecule has 1 aliphatic rings. The normalized spacial score (nSPS) is 26.1. The Hall–Kier alpha value is -0.870. The number of carbonyl (C=O) groups is 1. The molecule has 4 atom stereocenters. The van der Waals surface area contributed by atoms with Gasteiger partial charge < -0.3 is 4.90 Å². The third-order valence-corrected chi connectivity index (χ3v) is 5.50. The molecule has 3 nitrogen and oxygen atoms in total. The molecule has 2 heterocycles. The molecule has 0 spiro atoms. The molecule has 0 aromatic carbocycles. The van der Waals surface area contributed by atoms with Crippen LogP contribution in [0.5, 0.6) is 0 Å². The number of nitrogens with zero attached hydrogens (tertiary/aromatic N) is 1. The Morgan fingerprint density at radius 1 is 1.30 bits per heavy atom. The van der Waals surface area contributed by atoms with Crippen LogP contribution in [-0.2, 0) is 4.79 Å². The van der Waals surface area contributed by atoms with Crippen molar-refractivity contribution >= 4 is 17.2 Å². The fraction of sp³-hybridized carbons (Fsp3) is 0.688. The third kappa shape index (κ3) is 2.77. The lowest BCUT2D eigenvalue weighted by molar-refractivity contribution is -0.132. The first kappa shape index (κ1) is 15.5. The van der Waals surface area contributed by atoms with Crippen molar-refractivity contribution in [2.24, 2.45) is 5.92 Å². The Labute approximate surface area is 126 Å². The molecule has 0 bridgehead atoms. The molecule has 2 rings (SSSR count). The summed E-state index contributed by atoms with van der Waals surface area (Å²) in [7, 11) is 0. The largest absolute Gasteiger partial charge is 0.318 e. The second-order valence-corrected chi connectivity index (χ2v) is 7.20. The first-order valence-corrected chi connectivity index (χ1v) is 8.45. The highest BCUT2D eigenvalue weighted by Gasteiger charge is 2.43. The topological polar surface area (TPSA) is 32.3 Å². The number of thiophene rings is 1. The summed E-state index contributed by atoms with van der Waals surface area (Å²) in [5, 5.41) is 3.57. The van der Waals surface area contributed by atoms with Gasteiger partial charge in [0.25, 0.3) is 0 Å². The average molecular weight is 294 g/mol. The van der Waals surface area contributed by atoms with E-state index in [-0.39, 0.29) is 24.2 Å². The zero-order valence-corrected chi connectivity index (χ0v) is 14.0. The standard InChI is InChI=1S/C16H26N2OS/c1-6-10(3)14-16(19)18(11(4)7-2)15(17-14)13-9-8-12(5)20-13/h8-11,14-15,17H,6-7H2,1-5H3. The van der Waals surface area contributed by atoms with Crippen molar-refractivity contribution < 1.29 is 4.79 Å². The summed E-state index contributed by atoms with van der Waals surface area (Å²) < 4.78 is 0. The Bertz CT molecular complexity index is 471. The maximum absolute atomic E-state index is 12.8. The predicted molar refractivity (Wildman–Crippen MR) is 84.8 cm³/mol. The zero-order valence-electron chi connectivity index (χ0n) is 13.1. The van der Waals surface area contributed by atoms with Crippen LogP contribution < -0.4 is 5.32 Å². The predicted octanol–water partition coefficient (Wildman–Crippen LogP) is 3.70.